The summed E-state index contributed by atoms with van der Waals surface area (Å²) < 4.78 is 0. The minimum Gasteiger partial charge on any atom is -0.0899 e. The van der Waals surface area contributed by atoms with Gasteiger partial charge >= 0.3 is 0 Å². The Morgan fingerprint density at radius 3 is 2.63 bits per heavy atom. The van der Waals surface area contributed by atoms with Gasteiger partial charge in [0, 0.05) is 16.5 Å². The van der Waals surface area contributed by atoms with Crippen molar-refractivity contribution < 1.29 is 0 Å². The van der Waals surface area contributed by atoms with Crippen LogP contribution in [0.3, 0.4) is 0 Å². The van der Waals surface area contributed by atoms with E-state index in [2.05, 4.69) is 16.1 Å². The lowest BCUT2D eigenvalue weighted by molar-refractivity contribution is 1.22. The first kappa shape index (κ1) is 13.2. The molecule has 0 N–H and O–H groups in total. The number of hydrogen-bond acceptors (Lipinski definition) is 1. The van der Waals surface area contributed by atoms with Crippen molar-refractivity contribution in [2.24, 2.45) is 5.11 Å². The third-order valence-electron chi connectivity index (χ3n) is 2.62. The van der Waals surface area contributed by atoms with Gasteiger partial charge in [-0.1, -0.05) is 59.2 Å². The average molecular weight is 270 g/mol. The Morgan fingerprint density at radius 2 is 1.89 bits per heavy atom. The van der Waals surface area contributed by atoms with Gasteiger partial charge < -0.3 is 0 Å². The van der Waals surface area contributed by atoms with E-state index in [1.807, 2.05) is 54.6 Å². The third kappa shape index (κ3) is 3.88. The second-order valence-corrected chi connectivity index (χ2v) is 4.38. The van der Waals surface area contributed by atoms with Crippen molar-refractivity contribution in [3.05, 3.63) is 75.6 Å². The van der Waals surface area contributed by atoms with Crippen LogP contribution in [0.25, 0.3) is 27.6 Å². The first-order chi connectivity index (χ1) is 9.29. The van der Waals surface area contributed by atoms with Gasteiger partial charge in [-0.15, -0.1) is 0 Å². The van der Waals surface area contributed by atoms with Crippen molar-refractivity contribution in [3.63, 3.8) is 0 Å². The molecule has 0 fully saturated rings. The first-order valence-electron chi connectivity index (χ1n) is 5.83. The van der Waals surface area contributed by atoms with E-state index in [0.717, 1.165) is 21.7 Å². The normalized spacial score (nSPS) is 10.4. The molecule has 0 aliphatic heterocycles. The van der Waals surface area contributed by atoms with E-state index >= 15 is 0 Å². The quantitative estimate of drug-likeness (QED) is 0.409. The van der Waals surface area contributed by atoms with Crippen molar-refractivity contribution >= 4 is 17.7 Å². The zero-order valence-corrected chi connectivity index (χ0v) is 11.0. The molecule has 0 bridgehead atoms. The Labute approximate surface area is 116 Å². The predicted molar refractivity (Wildman–Crippen MR) is 79.9 cm³/mol. The fourth-order valence-electron chi connectivity index (χ4n) is 1.74. The van der Waals surface area contributed by atoms with Gasteiger partial charge in [0.2, 0.25) is 0 Å². The molecule has 4 heteroatoms. The molecule has 0 saturated heterocycles. The summed E-state index contributed by atoms with van der Waals surface area (Å²) in [7, 11) is 0. The van der Waals surface area contributed by atoms with Crippen molar-refractivity contribution in [3.8, 4) is 11.1 Å². The molecule has 0 heterocycles. The SMILES string of the molecule is [N-]=[N+]=NCC=Cc1cccc(-c2ccc(Cl)cc2)c1. The lowest BCUT2D eigenvalue weighted by Crippen LogP contribution is -1.79. The molecule has 2 aromatic rings. The van der Waals surface area contributed by atoms with Crippen molar-refractivity contribution in [1.82, 2.24) is 0 Å². The molecule has 0 radical (unpaired) electrons. The third-order valence-corrected chi connectivity index (χ3v) is 2.88. The van der Waals surface area contributed by atoms with Crippen molar-refractivity contribution in [2.45, 2.75) is 0 Å². The van der Waals surface area contributed by atoms with Crippen molar-refractivity contribution in [1.29, 1.82) is 0 Å². The lowest BCUT2D eigenvalue weighted by atomic mass is 10.0. The molecule has 3 nitrogen and oxygen atoms in total. The van der Waals surface area contributed by atoms with Gasteiger partial charge in [-0.05, 0) is 40.4 Å². The van der Waals surface area contributed by atoms with Crippen LogP contribution in [0.5, 0.6) is 0 Å². The number of azide groups is 1. The molecule has 0 unspecified atom stereocenters. The summed E-state index contributed by atoms with van der Waals surface area (Å²) in [6.45, 7) is 0.363. The minimum atomic E-state index is 0.363. The van der Waals surface area contributed by atoms with Gasteiger partial charge in [0.15, 0.2) is 0 Å². The van der Waals surface area contributed by atoms with E-state index in [0.29, 0.717) is 6.54 Å². The molecule has 0 atom stereocenters. The Balaban J connectivity index is 2.21. The maximum Gasteiger partial charge on any atom is 0.0443 e. The molecule has 0 aliphatic carbocycles. The second kappa shape index (κ2) is 6.64. The Kier molecular flexibility index (Phi) is 4.62. The smallest absolute Gasteiger partial charge is 0.0443 e. The number of benzene rings is 2. The highest BCUT2D eigenvalue weighted by molar-refractivity contribution is 6.30. The highest BCUT2D eigenvalue weighted by atomic mass is 35.5. The van der Waals surface area contributed by atoms with Gasteiger partial charge in [-0.25, -0.2) is 0 Å². The summed E-state index contributed by atoms with van der Waals surface area (Å²) in [5.41, 5.74) is 11.5. The van der Waals surface area contributed by atoms with Crippen LogP contribution in [0, 0.1) is 0 Å². The molecule has 0 saturated carbocycles. The first-order valence-corrected chi connectivity index (χ1v) is 6.21. The van der Waals surface area contributed by atoms with Gasteiger partial charge in [0.05, 0.1) is 0 Å². The fraction of sp³-hybridized carbons (Fsp3) is 0.0667. The Morgan fingerprint density at radius 1 is 1.11 bits per heavy atom. The van der Waals surface area contributed by atoms with Crippen LogP contribution in [0.1, 0.15) is 5.56 Å². The number of rotatable bonds is 4. The van der Waals surface area contributed by atoms with E-state index in [4.69, 9.17) is 17.1 Å². The monoisotopic (exact) mass is 269 g/mol. The van der Waals surface area contributed by atoms with Gasteiger partial charge in [-0.3, -0.25) is 0 Å². The molecule has 2 rings (SSSR count). The van der Waals surface area contributed by atoms with Crippen LogP contribution in [0.2, 0.25) is 5.02 Å². The van der Waals surface area contributed by atoms with Crippen LogP contribution in [-0.2, 0) is 0 Å². The summed E-state index contributed by atoms with van der Waals surface area (Å²) in [6, 6.07) is 15.9. The molecule has 0 spiro atoms. The lowest BCUT2D eigenvalue weighted by Gasteiger charge is -2.03. The molecule has 0 aromatic heterocycles. The predicted octanol–water partition coefficient (Wildman–Crippen LogP) is 5.33. The van der Waals surface area contributed by atoms with E-state index in [1.54, 1.807) is 0 Å². The zero-order valence-electron chi connectivity index (χ0n) is 10.2. The Hall–Kier alpha value is -2.22. The number of halogens is 1. The van der Waals surface area contributed by atoms with Crippen LogP contribution in [-0.4, -0.2) is 6.54 Å². The average Bonchev–Trinajstić information content (AvgIpc) is 2.45. The van der Waals surface area contributed by atoms with Crippen LogP contribution in [0.4, 0.5) is 0 Å². The zero-order chi connectivity index (χ0) is 13.5. The fourth-order valence-corrected chi connectivity index (χ4v) is 1.86. The van der Waals surface area contributed by atoms with Crippen LogP contribution >= 0.6 is 11.6 Å². The molecular formula is C15H12ClN3. The largest absolute Gasteiger partial charge is 0.0899 e. The van der Waals surface area contributed by atoms with Gasteiger partial charge in [0.25, 0.3) is 0 Å². The standard InChI is InChI=1S/C15H12ClN3/c16-15-8-6-13(7-9-15)14-5-1-3-12(11-14)4-2-10-18-19-17/h1-9,11H,10H2. The number of nitrogens with zero attached hydrogens (tertiary/aromatic N) is 3. The van der Waals surface area contributed by atoms with Crippen LogP contribution < -0.4 is 0 Å². The van der Waals surface area contributed by atoms with Gasteiger partial charge in [0.1, 0.15) is 0 Å². The maximum absolute atomic E-state index is 8.19. The summed E-state index contributed by atoms with van der Waals surface area (Å²) in [5, 5.41) is 4.19. The summed E-state index contributed by atoms with van der Waals surface area (Å²) in [5.74, 6) is 0. The highest BCUT2D eigenvalue weighted by Gasteiger charge is 1.97. The minimum absolute atomic E-state index is 0.363. The topological polar surface area (TPSA) is 48.8 Å². The summed E-state index contributed by atoms with van der Waals surface area (Å²) in [4.78, 5) is 2.70. The summed E-state index contributed by atoms with van der Waals surface area (Å²) in [6.07, 6.45) is 3.77. The molecule has 94 valence electrons. The highest BCUT2D eigenvalue weighted by Crippen LogP contribution is 2.22. The van der Waals surface area contributed by atoms with E-state index < -0.39 is 0 Å². The van der Waals surface area contributed by atoms with Crippen LogP contribution in [0.15, 0.2) is 59.7 Å². The van der Waals surface area contributed by atoms with Gasteiger partial charge in [-0.2, -0.15) is 0 Å². The van der Waals surface area contributed by atoms with Crippen molar-refractivity contribution in [2.75, 3.05) is 6.54 Å². The maximum atomic E-state index is 8.19. The van der Waals surface area contributed by atoms with E-state index in [1.165, 1.54) is 0 Å². The summed E-state index contributed by atoms with van der Waals surface area (Å²) >= 11 is 5.88. The molecule has 0 aliphatic rings. The van der Waals surface area contributed by atoms with E-state index in [9.17, 15) is 0 Å². The second-order valence-electron chi connectivity index (χ2n) is 3.95. The molecule has 19 heavy (non-hydrogen) atoms. The van der Waals surface area contributed by atoms with E-state index in [-0.39, 0.29) is 0 Å². The Bertz CT molecular complexity index is 626. The molecule has 2 aromatic carbocycles. The molecule has 0 amide bonds. The molecular weight excluding hydrogens is 258 g/mol. The number of hydrogen-bond donors (Lipinski definition) is 0.